The molecule has 4 heteroatoms. The van der Waals surface area contributed by atoms with Gasteiger partial charge in [0.1, 0.15) is 5.01 Å². The molecule has 1 aromatic heterocycles. The Bertz CT molecular complexity index is 599. The number of ketones is 1. The Balaban J connectivity index is 1.96. The van der Waals surface area contributed by atoms with Crippen LogP contribution in [-0.2, 0) is 23.1 Å². The number of carbonyl (C=O) groups is 1. The van der Waals surface area contributed by atoms with Crippen LogP contribution in [0.5, 0.6) is 0 Å². The summed E-state index contributed by atoms with van der Waals surface area (Å²) in [6.45, 7) is 6.36. The minimum Gasteiger partial charge on any atom is -0.321 e. The molecule has 2 N–H and O–H groups in total. The molecule has 2 aromatic rings. The molecule has 1 aromatic carbocycles. The maximum absolute atomic E-state index is 12.2. The Morgan fingerprint density at radius 3 is 2.52 bits per heavy atom. The van der Waals surface area contributed by atoms with Crippen molar-refractivity contribution < 1.29 is 4.79 Å². The van der Waals surface area contributed by atoms with Crippen molar-refractivity contribution in [3.8, 4) is 0 Å². The van der Waals surface area contributed by atoms with E-state index in [-0.39, 0.29) is 11.2 Å². The molecule has 112 valence electrons. The highest BCUT2D eigenvalue weighted by atomic mass is 32.1. The Labute approximate surface area is 130 Å². The monoisotopic (exact) mass is 302 g/mol. The van der Waals surface area contributed by atoms with Gasteiger partial charge < -0.3 is 5.73 Å². The quantitative estimate of drug-likeness (QED) is 0.923. The first kappa shape index (κ1) is 15.9. The van der Waals surface area contributed by atoms with Crippen LogP contribution in [0.2, 0.25) is 0 Å². The van der Waals surface area contributed by atoms with Crippen LogP contribution in [0.3, 0.4) is 0 Å². The number of nitrogens with two attached hydrogens (primary N) is 1. The summed E-state index contributed by atoms with van der Waals surface area (Å²) in [5.74, 6) is 0.0497. The molecule has 0 spiro atoms. The predicted octanol–water partition coefficient (Wildman–Crippen LogP) is 3.12. The van der Waals surface area contributed by atoms with Crippen molar-refractivity contribution in [2.45, 2.75) is 45.1 Å². The fourth-order valence-electron chi connectivity index (χ4n) is 2.00. The number of hydrogen-bond acceptors (Lipinski definition) is 4. The first-order valence-corrected chi connectivity index (χ1v) is 8.01. The van der Waals surface area contributed by atoms with Gasteiger partial charge in [0.2, 0.25) is 0 Å². The molecule has 0 bridgehead atoms. The number of Topliss-reactive ketones (excluding diaryl/α,β-unsaturated/α-hetero) is 1. The van der Waals surface area contributed by atoms with Gasteiger partial charge in [0.25, 0.3) is 0 Å². The highest BCUT2D eigenvalue weighted by molar-refractivity contribution is 7.09. The van der Waals surface area contributed by atoms with E-state index in [1.807, 2.05) is 35.7 Å². The van der Waals surface area contributed by atoms with Crippen molar-refractivity contribution in [3.05, 3.63) is 52.0 Å². The molecular weight excluding hydrogens is 280 g/mol. The molecule has 21 heavy (non-hydrogen) atoms. The molecule has 0 aliphatic heterocycles. The molecule has 3 nitrogen and oxygen atoms in total. The third-order valence-electron chi connectivity index (χ3n) is 3.36. The van der Waals surface area contributed by atoms with E-state index in [0.717, 1.165) is 16.3 Å². The fourth-order valence-corrected chi connectivity index (χ4v) is 3.03. The van der Waals surface area contributed by atoms with Crippen LogP contribution in [0.1, 0.15) is 37.0 Å². The average Bonchev–Trinajstić information content (AvgIpc) is 2.88. The molecule has 1 unspecified atom stereocenters. The van der Waals surface area contributed by atoms with Crippen LogP contribution >= 0.6 is 11.3 Å². The first-order valence-electron chi connectivity index (χ1n) is 7.13. The zero-order valence-corrected chi connectivity index (χ0v) is 13.6. The SMILES string of the molecule is CC(C)(C)c1csc(CC(=O)C(N)Cc2ccccc2)n1. The maximum atomic E-state index is 12.2. The van der Waals surface area contributed by atoms with E-state index in [1.165, 1.54) is 0 Å². The average molecular weight is 302 g/mol. The van der Waals surface area contributed by atoms with Crippen LogP contribution in [-0.4, -0.2) is 16.8 Å². The zero-order valence-electron chi connectivity index (χ0n) is 12.8. The highest BCUT2D eigenvalue weighted by Gasteiger charge is 2.20. The highest BCUT2D eigenvalue weighted by Crippen LogP contribution is 2.24. The lowest BCUT2D eigenvalue weighted by Gasteiger charge is -2.14. The van der Waals surface area contributed by atoms with Crippen molar-refractivity contribution in [1.82, 2.24) is 4.98 Å². The summed E-state index contributed by atoms with van der Waals surface area (Å²) < 4.78 is 0. The van der Waals surface area contributed by atoms with Gasteiger partial charge in [-0.15, -0.1) is 11.3 Å². The van der Waals surface area contributed by atoms with Crippen LogP contribution in [0.15, 0.2) is 35.7 Å². The van der Waals surface area contributed by atoms with Gasteiger partial charge >= 0.3 is 0 Å². The standard InChI is InChI=1S/C17H22N2OS/c1-17(2,3)15-11-21-16(19-15)10-14(20)13(18)9-12-7-5-4-6-8-12/h4-8,11,13H,9-10,18H2,1-3H3. The Hall–Kier alpha value is -1.52. The third-order valence-corrected chi connectivity index (χ3v) is 4.21. The van der Waals surface area contributed by atoms with E-state index in [1.54, 1.807) is 11.3 Å². The number of thiazole rings is 1. The summed E-state index contributed by atoms with van der Waals surface area (Å²) in [5, 5.41) is 2.89. The van der Waals surface area contributed by atoms with Gasteiger partial charge in [-0.25, -0.2) is 4.98 Å². The summed E-state index contributed by atoms with van der Waals surface area (Å²) in [4.78, 5) is 16.8. The molecule has 1 heterocycles. The Kier molecular flexibility index (Phi) is 4.91. The van der Waals surface area contributed by atoms with Crippen molar-refractivity contribution in [1.29, 1.82) is 0 Å². The molecule has 0 saturated carbocycles. The fraction of sp³-hybridized carbons (Fsp3) is 0.412. The molecule has 0 radical (unpaired) electrons. The second-order valence-corrected chi connectivity index (χ2v) is 7.26. The van der Waals surface area contributed by atoms with E-state index in [2.05, 4.69) is 25.8 Å². The van der Waals surface area contributed by atoms with Gasteiger partial charge in [-0.05, 0) is 12.0 Å². The lowest BCUT2D eigenvalue weighted by molar-refractivity contribution is -0.119. The van der Waals surface area contributed by atoms with Gasteiger partial charge in [0.15, 0.2) is 5.78 Å². The number of hydrogen-bond donors (Lipinski definition) is 1. The third kappa shape index (κ3) is 4.48. The molecule has 2 rings (SSSR count). The molecule has 0 aliphatic rings. The maximum Gasteiger partial charge on any atom is 0.156 e. The summed E-state index contributed by atoms with van der Waals surface area (Å²) in [7, 11) is 0. The summed E-state index contributed by atoms with van der Waals surface area (Å²) in [6, 6.07) is 9.41. The number of benzene rings is 1. The number of rotatable bonds is 5. The van der Waals surface area contributed by atoms with Crippen LogP contribution in [0.4, 0.5) is 0 Å². The second kappa shape index (κ2) is 6.50. The number of aromatic nitrogens is 1. The number of nitrogens with zero attached hydrogens (tertiary/aromatic N) is 1. The van der Waals surface area contributed by atoms with Gasteiger partial charge in [-0.1, -0.05) is 51.1 Å². The summed E-state index contributed by atoms with van der Waals surface area (Å²) in [5.41, 5.74) is 8.16. The minimum atomic E-state index is -0.464. The molecule has 1 atom stereocenters. The van der Waals surface area contributed by atoms with Crippen LogP contribution in [0, 0.1) is 0 Å². The van der Waals surface area contributed by atoms with Gasteiger partial charge in [0.05, 0.1) is 18.2 Å². The van der Waals surface area contributed by atoms with E-state index >= 15 is 0 Å². The van der Waals surface area contributed by atoms with Crippen LogP contribution in [0.25, 0.3) is 0 Å². The summed E-state index contributed by atoms with van der Waals surface area (Å²) in [6.07, 6.45) is 0.909. The molecule has 0 amide bonds. The first-order chi connectivity index (χ1) is 9.86. The normalized spacial score (nSPS) is 13.1. The van der Waals surface area contributed by atoms with Crippen molar-refractivity contribution in [3.63, 3.8) is 0 Å². The Morgan fingerprint density at radius 2 is 1.95 bits per heavy atom. The van der Waals surface area contributed by atoms with E-state index < -0.39 is 6.04 Å². The van der Waals surface area contributed by atoms with Crippen LogP contribution < -0.4 is 5.73 Å². The van der Waals surface area contributed by atoms with E-state index in [0.29, 0.717) is 12.8 Å². The molecule has 0 saturated heterocycles. The lowest BCUT2D eigenvalue weighted by atomic mass is 9.93. The van der Waals surface area contributed by atoms with Crippen molar-refractivity contribution >= 4 is 17.1 Å². The van der Waals surface area contributed by atoms with E-state index in [9.17, 15) is 4.79 Å². The van der Waals surface area contributed by atoms with Gasteiger partial charge in [-0.3, -0.25) is 4.79 Å². The van der Waals surface area contributed by atoms with E-state index in [4.69, 9.17) is 5.73 Å². The minimum absolute atomic E-state index is 0.0178. The summed E-state index contributed by atoms with van der Waals surface area (Å²) >= 11 is 1.54. The Morgan fingerprint density at radius 1 is 1.29 bits per heavy atom. The van der Waals surface area contributed by atoms with Crippen molar-refractivity contribution in [2.24, 2.45) is 5.73 Å². The topological polar surface area (TPSA) is 56.0 Å². The predicted molar refractivity (Wildman–Crippen MR) is 87.6 cm³/mol. The molecular formula is C17H22N2OS. The largest absolute Gasteiger partial charge is 0.321 e. The van der Waals surface area contributed by atoms with Gasteiger partial charge in [0, 0.05) is 10.8 Å². The molecule has 0 aliphatic carbocycles. The lowest BCUT2D eigenvalue weighted by Crippen LogP contribution is -2.33. The zero-order chi connectivity index (χ0) is 15.5. The second-order valence-electron chi connectivity index (χ2n) is 6.32. The number of carbonyl (C=O) groups excluding carboxylic acids is 1. The van der Waals surface area contributed by atoms with Gasteiger partial charge in [-0.2, -0.15) is 0 Å². The smallest absolute Gasteiger partial charge is 0.156 e. The molecule has 0 fully saturated rings. The van der Waals surface area contributed by atoms with Crippen molar-refractivity contribution in [2.75, 3.05) is 0 Å².